The number of fused-ring (bicyclic) bond motifs is 1. The molecule has 4 aliphatic rings. The van der Waals surface area contributed by atoms with Gasteiger partial charge in [-0.05, 0) is 50.7 Å². The first-order chi connectivity index (χ1) is 13.3. The van der Waals surface area contributed by atoms with E-state index in [4.69, 9.17) is 27.9 Å². The first-order valence-electron chi connectivity index (χ1n) is 9.44. The van der Waals surface area contributed by atoms with Crippen molar-refractivity contribution in [2.75, 3.05) is 6.61 Å². The Morgan fingerprint density at radius 1 is 1.29 bits per heavy atom. The Kier molecular flexibility index (Phi) is 5.71. The molecule has 3 saturated carbocycles. The lowest BCUT2D eigenvalue weighted by Crippen LogP contribution is -2.54. The average molecular weight is 444 g/mol. The molecule has 28 heavy (non-hydrogen) atoms. The highest BCUT2D eigenvalue weighted by Gasteiger charge is 2.57. The third kappa shape index (κ3) is 4.22. The lowest BCUT2D eigenvalue weighted by Gasteiger charge is -2.39. The maximum Gasteiger partial charge on any atom is 0.258 e. The van der Waals surface area contributed by atoms with Crippen LogP contribution >= 0.6 is 35.1 Å². The molecule has 0 aromatic heterocycles. The maximum atomic E-state index is 12.5. The van der Waals surface area contributed by atoms with Crippen LogP contribution in [0.4, 0.5) is 0 Å². The number of ether oxygens (including phenoxy) is 1. The molecule has 1 heterocycles. The first-order valence-corrected chi connectivity index (χ1v) is 11.1. The van der Waals surface area contributed by atoms with E-state index in [-0.39, 0.29) is 35.3 Å². The third-order valence-corrected chi connectivity index (χ3v) is 7.72. The Labute approximate surface area is 178 Å². The van der Waals surface area contributed by atoms with Crippen molar-refractivity contribution in [3.8, 4) is 5.75 Å². The van der Waals surface area contributed by atoms with Crippen LogP contribution in [0.5, 0.6) is 5.75 Å². The number of hydrogen-bond donors (Lipinski definition) is 3. The van der Waals surface area contributed by atoms with Crippen molar-refractivity contribution < 1.29 is 14.3 Å². The van der Waals surface area contributed by atoms with Crippen molar-refractivity contribution in [1.82, 2.24) is 15.4 Å². The Balaban J connectivity index is 1.24. The Hall–Kier alpha value is -1.15. The van der Waals surface area contributed by atoms with Crippen LogP contribution in [-0.4, -0.2) is 41.3 Å². The minimum absolute atomic E-state index is 0.0309. The van der Waals surface area contributed by atoms with Gasteiger partial charge >= 0.3 is 0 Å². The van der Waals surface area contributed by atoms with Crippen molar-refractivity contribution in [1.29, 1.82) is 0 Å². The number of carbonyl (C=O) groups excluding carboxylic acids is 2. The van der Waals surface area contributed by atoms with Gasteiger partial charge in [0.25, 0.3) is 5.91 Å². The van der Waals surface area contributed by atoms with Crippen LogP contribution in [0.1, 0.15) is 32.6 Å². The van der Waals surface area contributed by atoms with E-state index in [1.807, 2.05) is 0 Å². The van der Waals surface area contributed by atoms with Gasteiger partial charge in [0.1, 0.15) is 5.75 Å². The van der Waals surface area contributed by atoms with Crippen LogP contribution in [0.25, 0.3) is 0 Å². The van der Waals surface area contributed by atoms with Gasteiger partial charge in [0.2, 0.25) is 5.91 Å². The second kappa shape index (κ2) is 7.94. The van der Waals surface area contributed by atoms with Gasteiger partial charge in [-0.3, -0.25) is 14.3 Å². The second-order valence-electron chi connectivity index (χ2n) is 8.04. The van der Waals surface area contributed by atoms with Gasteiger partial charge < -0.3 is 15.4 Å². The quantitative estimate of drug-likeness (QED) is 0.588. The molecule has 1 aromatic carbocycles. The minimum Gasteiger partial charge on any atom is -0.484 e. The molecule has 3 N–H and O–H groups in total. The number of carbonyl (C=O) groups is 2. The van der Waals surface area contributed by atoms with Crippen LogP contribution in [-0.2, 0) is 9.59 Å². The van der Waals surface area contributed by atoms with E-state index < -0.39 is 0 Å². The van der Waals surface area contributed by atoms with Crippen molar-refractivity contribution >= 4 is 47.0 Å². The lowest BCUT2D eigenvalue weighted by atomic mass is 9.76. The number of amides is 2. The molecule has 5 rings (SSSR count). The minimum atomic E-state index is -0.172. The van der Waals surface area contributed by atoms with E-state index >= 15 is 0 Å². The van der Waals surface area contributed by atoms with Gasteiger partial charge in [-0.2, -0.15) is 0 Å². The first kappa shape index (κ1) is 20.1. The van der Waals surface area contributed by atoms with Crippen LogP contribution in [0.15, 0.2) is 18.2 Å². The molecule has 0 radical (unpaired) electrons. The largest absolute Gasteiger partial charge is 0.484 e. The number of benzene rings is 1. The summed E-state index contributed by atoms with van der Waals surface area (Å²) >= 11 is 13.3. The standard InChI is InChI=1S/C19H23Cl2N3O3S/c1-10-4-16(28-24-10)18(26)23-19-6-11(7-19)15(8-19)22-17(25)9-27-12-2-3-13(20)14(21)5-12/h2-3,5,10-11,15-16,24H,4,6-9H2,1H3,(H,22,25)(H,23,26). The van der Waals surface area contributed by atoms with Crippen LogP contribution in [0.2, 0.25) is 10.0 Å². The summed E-state index contributed by atoms with van der Waals surface area (Å²) in [5.41, 5.74) is -0.156. The molecule has 152 valence electrons. The zero-order valence-electron chi connectivity index (χ0n) is 15.5. The highest BCUT2D eigenvalue weighted by molar-refractivity contribution is 7.99. The monoisotopic (exact) mass is 443 g/mol. The summed E-state index contributed by atoms with van der Waals surface area (Å²) in [6, 6.07) is 5.34. The molecule has 3 unspecified atom stereocenters. The van der Waals surface area contributed by atoms with Crippen LogP contribution in [0.3, 0.4) is 0 Å². The molecule has 1 aromatic rings. The van der Waals surface area contributed by atoms with Crippen LogP contribution in [0, 0.1) is 5.92 Å². The van der Waals surface area contributed by atoms with Gasteiger partial charge in [-0.25, -0.2) is 0 Å². The van der Waals surface area contributed by atoms with Gasteiger partial charge in [0.15, 0.2) is 6.61 Å². The summed E-state index contributed by atoms with van der Waals surface area (Å²) < 4.78 is 8.73. The summed E-state index contributed by atoms with van der Waals surface area (Å²) in [6.45, 7) is 2.00. The zero-order valence-corrected chi connectivity index (χ0v) is 17.8. The zero-order chi connectivity index (χ0) is 19.9. The summed E-state index contributed by atoms with van der Waals surface area (Å²) in [7, 11) is 0. The fourth-order valence-electron chi connectivity index (χ4n) is 4.39. The SMILES string of the molecule is CC1CC(C(=O)NC23CC(C2)C(NC(=O)COc2ccc(Cl)c(Cl)c2)C3)SN1. The maximum absolute atomic E-state index is 12.5. The molecule has 4 fully saturated rings. The Morgan fingerprint density at radius 2 is 2.07 bits per heavy atom. The molecule has 2 amide bonds. The number of nitrogens with one attached hydrogen (secondary N) is 3. The highest BCUT2D eigenvalue weighted by atomic mass is 35.5. The Morgan fingerprint density at radius 3 is 2.75 bits per heavy atom. The molecule has 3 atom stereocenters. The molecular formula is C19H23Cl2N3O3S. The normalized spacial score (nSPS) is 33.2. The van der Waals surface area contributed by atoms with E-state index in [2.05, 4.69) is 22.3 Å². The second-order valence-corrected chi connectivity index (χ2v) is 9.90. The Bertz CT molecular complexity index is 788. The molecule has 3 aliphatic carbocycles. The van der Waals surface area contributed by atoms with Crippen molar-refractivity contribution in [2.24, 2.45) is 5.92 Å². The number of halogens is 2. The van der Waals surface area contributed by atoms with Gasteiger partial charge in [0.05, 0.1) is 15.3 Å². The fourth-order valence-corrected chi connectivity index (χ4v) is 5.72. The van der Waals surface area contributed by atoms with Gasteiger partial charge in [-0.1, -0.05) is 35.1 Å². The molecule has 1 saturated heterocycles. The van der Waals surface area contributed by atoms with Gasteiger partial charge in [0, 0.05) is 23.7 Å². The highest BCUT2D eigenvalue weighted by Crippen LogP contribution is 2.52. The summed E-state index contributed by atoms with van der Waals surface area (Å²) in [5, 5.41) is 7.10. The molecule has 2 bridgehead atoms. The van der Waals surface area contributed by atoms with E-state index in [1.165, 1.54) is 11.9 Å². The predicted octanol–water partition coefficient (Wildman–Crippen LogP) is 2.92. The molecule has 1 aliphatic heterocycles. The van der Waals surface area contributed by atoms with E-state index in [0.29, 0.717) is 27.8 Å². The smallest absolute Gasteiger partial charge is 0.258 e. The number of rotatable bonds is 6. The fraction of sp³-hybridized carbons (Fsp3) is 0.579. The topological polar surface area (TPSA) is 79.5 Å². The van der Waals surface area contributed by atoms with E-state index in [0.717, 1.165) is 25.7 Å². The van der Waals surface area contributed by atoms with Crippen molar-refractivity contribution in [3.63, 3.8) is 0 Å². The van der Waals surface area contributed by atoms with E-state index in [1.54, 1.807) is 18.2 Å². The predicted molar refractivity (Wildman–Crippen MR) is 111 cm³/mol. The summed E-state index contributed by atoms with van der Waals surface area (Å²) in [5.74, 6) is 0.855. The van der Waals surface area contributed by atoms with Gasteiger partial charge in [-0.15, -0.1) is 0 Å². The molecule has 0 spiro atoms. The van der Waals surface area contributed by atoms with Crippen LogP contribution < -0.4 is 20.1 Å². The lowest BCUT2D eigenvalue weighted by molar-refractivity contribution is -0.124. The van der Waals surface area contributed by atoms with Crippen molar-refractivity contribution in [2.45, 2.75) is 55.5 Å². The van der Waals surface area contributed by atoms with E-state index in [9.17, 15) is 9.59 Å². The molecule has 6 nitrogen and oxygen atoms in total. The summed E-state index contributed by atoms with van der Waals surface area (Å²) in [6.07, 6.45) is 3.49. The molecule has 9 heteroatoms. The molecular weight excluding hydrogens is 421 g/mol. The third-order valence-electron chi connectivity index (χ3n) is 5.75. The average Bonchev–Trinajstić information content (AvgIpc) is 3.28. The number of hydrogen-bond acceptors (Lipinski definition) is 5. The summed E-state index contributed by atoms with van der Waals surface area (Å²) in [4.78, 5) is 24.8. The van der Waals surface area contributed by atoms with Crippen molar-refractivity contribution in [3.05, 3.63) is 28.2 Å².